The van der Waals surface area contributed by atoms with E-state index >= 15 is 0 Å². The Morgan fingerprint density at radius 2 is 1.71 bits per heavy atom. The summed E-state index contributed by atoms with van der Waals surface area (Å²) in [6.07, 6.45) is -11.5. The van der Waals surface area contributed by atoms with Crippen LogP contribution >= 0.6 is 0 Å². The number of nitrogens with one attached hydrogen (secondary N) is 1. The molecule has 9 atom stereocenters. The zero-order valence-corrected chi connectivity index (χ0v) is 16.5. The molecule has 1 aliphatic rings. The molecule has 0 spiro atoms. The summed E-state index contributed by atoms with van der Waals surface area (Å²) in [5.74, 6) is -0.754. The van der Waals surface area contributed by atoms with Crippen LogP contribution in [-0.2, 0) is 19.0 Å². The van der Waals surface area contributed by atoms with Gasteiger partial charge >= 0.3 is 0 Å². The molecule has 1 amide bonds. The second kappa shape index (κ2) is 11.3. The first kappa shape index (κ1) is 25.1. The van der Waals surface area contributed by atoms with E-state index < -0.39 is 74.4 Å². The molecule has 28 heavy (non-hydrogen) atoms. The van der Waals surface area contributed by atoms with Gasteiger partial charge in [0.2, 0.25) is 5.91 Å². The van der Waals surface area contributed by atoms with Gasteiger partial charge in [-0.05, 0) is 12.8 Å². The van der Waals surface area contributed by atoms with Gasteiger partial charge in [-0.1, -0.05) is 13.8 Å². The van der Waals surface area contributed by atoms with Crippen LogP contribution in [0.5, 0.6) is 0 Å². The first-order valence-corrected chi connectivity index (χ1v) is 9.20. The van der Waals surface area contributed by atoms with Gasteiger partial charge in [0.25, 0.3) is 0 Å². The molecule has 0 aromatic heterocycles. The van der Waals surface area contributed by atoms with Crippen molar-refractivity contribution in [2.24, 2.45) is 5.92 Å². The monoisotopic (exact) mass is 411 g/mol. The van der Waals surface area contributed by atoms with E-state index in [-0.39, 0.29) is 5.92 Å². The minimum Gasteiger partial charge on any atom is -0.394 e. The molecule has 1 fully saturated rings. The van der Waals surface area contributed by atoms with E-state index in [1.54, 1.807) is 13.8 Å². The summed E-state index contributed by atoms with van der Waals surface area (Å²) in [6.45, 7) is 5.07. The molecule has 1 aliphatic heterocycles. The number of rotatable bonds is 10. The standard InChI is InChI=1S/C17H33NO10/c1-7(2)15(26-10(5-19)8(3)21)16(18-9(4)22)28-17-14(25)13(24)12(23)11(6-20)27-17/h7-8,10-17,19-21,23-25H,5-6H2,1-4H3,(H,18,22)/t8-,10?,11?,12?,13?,14?,15?,16-,17?/m0/s1. The quantitative estimate of drug-likeness (QED) is 0.184. The minimum absolute atomic E-state index is 0.269. The van der Waals surface area contributed by atoms with Gasteiger partial charge in [0.1, 0.15) is 36.6 Å². The summed E-state index contributed by atoms with van der Waals surface area (Å²) >= 11 is 0. The van der Waals surface area contributed by atoms with Crippen molar-refractivity contribution in [3.8, 4) is 0 Å². The highest BCUT2D eigenvalue weighted by atomic mass is 16.7. The predicted molar refractivity (Wildman–Crippen MR) is 94.7 cm³/mol. The highest BCUT2D eigenvalue weighted by Gasteiger charge is 2.46. The lowest BCUT2D eigenvalue weighted by atomic mass is 9.99. The molecule has 0 aromatic carbocycles. The van der Waals surface area contributed by atoms with Crippen LogP contribution in [0.15, 0.2) is 0 Å². The summed E-state index contributed by atoms with van der Waals surface area (Å²) in [6, 6.07) is 0. The van der Waals surface area contributed by atoms with Crippen molar-refractivity contribution in [2.45, 2.75) is 82.9 Å². The van der Waals surface area contributed by atoms with Crippen molar-refractivity contribution >= 4 is 5.91 Å². The molecule has 166 valence electrons. The van der Waals surface area contributed by atoms with Crippen LogP contribution in [0.3, 0.4) is 0 Å². The van der Waals surface area contributed by atoms with Gasteiger partial charge in [0.05, 0.1) is 19.3 Å². The molecule has 0 aromatic rings. The Morgan fingerprint density at radius 1 is 1.11 bits per heavy atom. The number of amides is 1. The van der Waals surface area contributed by atoms with Gasteiger partial charge in [-0.15, -0.1) is 0 Å². The van der Waals surface area contributed by atoms with Crippen molar-refractivity contribution in [3.63, 3.8) is 0 Å². The van der Waals surface area contributed by atoms with Gasteiger partial charge in [-0.2, -0.15) is 0 Å². The van der Waals surface area contributed by atoms with Crippen molar-refractivity contribution in [3.05, 3.63) is 0 Å². The van der Waals surface area contributed by atoms with E-state index in [2.05, 4.69) is 5.32 Å². The molecule has 1 saturated heterocycles. The smallest absolute Gasteiger partial charge is 0.218 e. The molecule has 7 unspecified atom stereocenters. The van der Waals surface area contributed by atoms with Crippen molar-refractivity contribution in [1.29, 1.82) is 0 Å². The number of carbonyl (C=O) groups is 1. The third-order valence-electron chi connectivity index (χ3n) is 4.48. The van der Waals surface area contributed by atoms with Crippen molar-refractivity contribution in [2.75, 3.05) is 13.2 Å². The molecule has 1 rings (SSSR count). The topological polar surface area (TPSA) is 178 Å². The number of hydrogen-bond acceptors (Lipinski definition) is 10. The number of ether oxygens (including phenoxy) is 3. The van der Waals surface area contributed by atoms with Crippen molar-refractivity contribution < 1.29 is 49.6 Å². The Kier molecular flexibility index (Phi) is 10.2. The fourth-order valence-electron chi connectivity index (χ4n) is 2.81. The molecule has 0 aliphatic carbocycles. The van der Waals surface area contributed by atoms with E-state index in [0.29, 0.717) is 0 Å². The highest BCUT2D eigenvalue weighted by Crippen LogP contribution is 2.25. The molecule has 0 bridgehead atoms. The molecule has 7 N–H and O–H groups in total. The molecule has 1 heterocycles. The number of carbonyl (C=O) groups excluding carboxylic acids is 1. The minimum atomic E-state index is -1.66. The Bertz CT molecular complexity index is 475. The van der Waals surface area contributed by atoms with Crippen LogP contribution in [0.25, 0.3) is 0 Å². The summed E-state index contributed by atoms with van der Waals surface area (Å²) in [5, 5.41) is 60.9. The number of hydrogen-bond donors (Lipinski definition) is 7. The van der Waals surface area contributed by atoms with Crippen LogP contribution < -0.4 is 5.32 Å². The second-order valence-corrected chi connectivity index (χ2v) is 7.26. The maximum absolute atomic E-state index is 11.7. The van der Waals surface area contributed by atoms with Gasteiger partial charge in [-0.3, -0.25) is 4.79 Å². The highest BCUT2D eigenvalue weighted by molar-refractivity contribution is 5.73. The Balaban J connectivity index is 3.05. The Morgan fingerprint density at radius 3 is 2.14 bits per heavy atom. The summed E-state index contributed by atoms with van der Waals surface area (Å²) in [7, 11) is 0. The van der Waals surface area contributed by atoms with Crippen LogP contribution in [0, 0.1) is 5.92 Å². The molecular formula is C17H33NO10. The van der Waals surface area contributed by atoms with E-state index in [1.807, 2.05) is 0 Å². The predicted octanol–water partition coefficient (Wildman–Crippen LogP) is -2.95. The SMILES string of the molecule is CC(=O)N[C@@H](OC1OC(CO)C(O)C(O)C1O)C(OC(CO)[C@H](C)O)C(C)C. The first-order chi connectivity index (χ1) is 13.0. The molecule has 0 radical (unpaired) electrons. The normalized spacial score (nSPS) is 32.6. The zero-order chi connectivity index (χ0) is 21.6. The molecule has 0 saturated carbocycles. The third kappa shape index (κ3) is 6.58. The third-order valence-corrected chi connectivity index (χ3v) is 4.48. The van der Waals surface area contributed by atoms with Gasteiger partial charge in [0, 0.05) is 6.92 Å². The summed E-state index contributed by atoms with van der Waals surface area (Å²) < 4.78 is 16.7. The Labute approximate surface area is 163 Å². The maximum Gasteiger partial charge on any atom is 0.218 e. The number of aliphatic hydroxyl groups is 6. The zero-order valence-electron chi connectivity index (χ0n) is 16.5. The fourth-order valence-corrected chi connectivity index (χ4v) is 2.81. The van der Waals surface area contributed by atoms with E-state index in [1.165, 1.54) is 13.8 Å². The van der Waals surface area contributed by atoms with Crippen LogP contribution in [-0.4, -0.2) is 105 Å². The van der Waals surface area contributed by atoms with E-state index in [9.17, 15) is 35.4 Å². The average molecular weight is 411 g/mol. The lowest BCUT2D eigenvalue weighted by Gasteiger charge is -2.42. The average Bonchev–Trinajstić information content (AvgIpc) is 2.61. The second-order valence-electron chi connectivity index (χ2n) is 7.26. The lowest BCUT2D eigenvalue weighted by molar-refractivity contribution is -0.323. The number of aliphatic hydroxyl groups excluding tert-OH is 6. The fraction of sp³-hybridized carbons (Fsp3) is 0.941. The molecule has 11 nitrogen and oxygen atoms in total. The van der Waals surface area contributed by atoms with Crippen LogP contribution in [0.1, 0.15) is 27.7 Å². The largest absolute Gasteiger partial charge is 0.394 e. The van der Waals surface area contributed by atoms with Gasteiger partial charge in [0.15, 0.2) is 12.5 Å². The first-order valence-electron chi connectivity index (χ1n) is 9.20. The van der Waals surface area contributed by atoms with Crippen molar-refractivity contribution in [1.82, 2.24) is 5.32 Å². The van der Waals surface area contributed by atoms with Crippen LogP contribution in [0.2, 0.25) is 0 Å². The van der Waals surface area contributed by atoms with Crippen LogP contribution in [0.4, 0.5) is 0 Å². The molecule has 11 heteroatoms. The maximum atomic E-state index is 11.7. The van der Waals surface area contributed by atoms with E-state index in [0.717, 1.165) is 0 Å². The van der Waals surface area contributed by atoms with E-state index in [4.69, 9.17) is 14.2 Å². The van der Waals surface area contributed by atoms with Gasteiger partial charge < -0.3 is 50.2 Å². The van der Waals surface area contributed by atoms with Gasteiger partial charge in [-0.25, -0.2) is 0 Å². The Hall–Kier alpha value is -0.890. The summed E-state index contributed by atoms with van der Waals surface area (Å²) in [5.41, 5.74) is 0. The summed E-state index contributed by atoms with van der Waals surface area (Å²) in [4.78, 5) is 11.7. The lowest BCUT2D eigenvalue weighted by Crippen LogP contribution is -2.62. The molecular weight excluding hydrogens is 378 g/mol.